The van der Waals surface area contributed by atoms with Crippen molar-refractivity contribution in [3.63, 3.8) is 0 Å². The summed E-state index contributed by atoms with van der Waals surface area (Å²) < 4.78 is 5.63. The van der Waals surface area contributed by atoms with Crippen LogP contribution in [0, 0.1) is 0 Å². The van der Waals surface area contributed by atoms with Crippen molar-refractivity contribution in [2.24, 2.45) is 5.73 Å². The maximum atomic E-state index is 5.63. The van der Waals surface area contributed by atoms with Crippen molar-refractivity contribution in [1.29, 1.82) is 0 Å². The fraction of sp³-hybridized carbons (Fsp3) is 0.143. The Balaban J connectivity index is 1.94. The topological polar surface area (TPSA) is 35.2 Å². The second-order valence-electron chi connectivity index (χ2n) is 3.62. The van der Waals surface area contributed by atoms with Crippen molar-refractivity contribution in [2.45, 2.75) is 13.2 Å². The second-order valence-corrected chi connectivity index (χ2v) is 3.62. The molecule has 2 aromatic carbocycles. The molecule has 0 radical (unpaired) electrons. The number of hydrogen-bond acceptors (Lipinski definition) is 2. The summed E-state index contributed by atoms with van der Waals surface area (Å²) in [5.41, 5.74) is 7.83. The summed E-state index contributed by atoms with van der Waals surface area (Å²) >= 11 is 0. The van der Waals surface area contributed by atoms with Gasteiger partial charge in [-0.1, -0.05) is 42.5 Å². The van der Waals surface area contributed by atoms with Crippen LogP contribution in [0.3, 0.4) is 0 Å². The Hall–Kier alpha value is -1.80. The smallest absolute Gasteiger partial charge is 0.119 e. The first-order valence-electron chi connectivity index (χ1n) is 5.34. The minimum Gasteiger partial charge on any atom is -0.489 e. The van der Waals surface area contributed by atoms with Crippen molar-refractivity contribution in [1.82, 2.24) is 0 Å². The van der Waals surface area contributed by atoms with E-state index in [9.17, 15) is 0 Å². The van der Waals surface area contributed by atoms with Crippen LogP contribution in [0.25, 0.3) is 0 Å². The number of rotatable bonds is 4. The third-order valence-corrected chi connectivity index (χ3v) is 2.41. The Morgan fingerprint density at radius 3 is 2.06 bits per heavy atom. The molecule has 16 heavy (non-hydrogen) atoms. The summed E-state index contributed by atoms with van der Waals surface area (Å²) in [4.78, 5) is 0. The van der Waals surface area contributed by atoms with Crippen LogP contribution in [0.4, 0.5) is 0 Å². The standard InChI is InChI=1S/C14H15NO/c15-10-12-6-8-13(9-7-12)11-16-14-4-2-1-3-5-14/h1-9H,10-11,15H2. The van der Waals surface area contributed by atoms with E-state index in [1.165, 1.54) is 0 Å². The lowest BCUT2D eigenvalue weighted by Gasteiger charge is -2.06. The van der Waals surface area contributed by atoms with Gasteiger partial charge < -0.3 is 10.5 Å². The van der Waals surface area contributed by atoms with Gasteiger partial charge in [-0.05, 0) is 23.3 Å². The molecule has 2 rings (SSSR count). The summed E-state index contributed by atoms with van der Waals surface area (Å²) in [7, 11) is 0. The molecular formula is C14H15NO. The Bertz CT molecular complexity index is 422. The maximum Gasteiger partial charge on any atom is 0.119 e. The van der Waals surface area contributed by atoms with E-state index in [1.54, 1.807) is 0 Å². The van der Waals surface area contributed by atoms with Gasteiger partial charge in [0.25, 0.3) is 0 Å². The molecule has 0 aromatic heterocycles. The van der Waals surface area contributed by atoms with Crippen LogP contribution in [-0.4, -0.2) is 0 Å². The summed E-state index contributed by atoms with van der Waals surface area (Å²) in [6.07, 6.45) is 0. The zero-order chi connectivity index (χ0) is 11.2. The summed E-state index contributed by atoms with van der Waals surface area (Å²) in [5, 5.41) is 0. The first kappa shape index (κ1) is 10.7. The van der Waals surface area contributed by atoms with Crippen molar-refractivity contribution in [3.8, 4) is 5.75 Å². The first-order valence-corrected chi connectivity index (χ1v) is 5.34. The first-order chi connectivity index (χ1) is 7.88. The van der Waals surface area contributed by atoms with Crippen LogP contribution in [0.2, 0.25) is 0 Å². The SMILES string of the molecule is NCc1ccc(COc2ccccc2)cc1. The van der Waals surface area contributed by atoms with E-state index in [4.69, 9.17) is 10.5 Å². The predicted octanol–water partition coefficient (Wildman–Crippen LogP) is 2.72. The van der Waals surface area contributed by atoms with Gasteiger partial charge >= 0.3 is 0 Å². The van der Waals surface area contributed by atoms with E-state index in [2.05, 4.69) is 0 Å². The molecule has 2 heteroatoms. The molecule has 0 fully saturated rings. The van der Waals surface area contributed by atoms with E-state index in [0.717, 1.165) is 16.9 Å². The number of hydrogen-bond donors (Lipinski definition) is 1. The molecule has 0 bridgehead atoms. The maximum absolute atomic E-state index is 5.63. The lowest BCUT2D eigenvalue weighted by molar-refractivity contribution is 0.306. The van der Waals surface area contributed by atoms with Crippen molar-refractivity contribution in [3.05, 3.63) is 65.7 Å². The van der Waals surface area contributed by atoms with E-state index in [1.807, 2.05) is 54.6 Å². The highest BCUT2D eigenvalue weighted by Gasteiger charge is 1.95. The Morgan fingerprint density at radius 1 is 0.812 bits per heavy atom. The van der Waals surface area contributed by atoms with Gasteiger partial charge in [0, 0.05) is 6.54 Å². The van der Waals surface area contributed by atoms with Gasteiger partial charge in [-0.25, -0.2) is 0 Å². The van der Waals surface area contributed by atoms with Crippen molar-refractivity contribution < 1.29 is 4.74 Å². The molecular weight excluding hydrogens is 198 g/mol. The van der Waals surface area contributed by atoms with E-state index in [0.29, 0.717) is 13.2 Å². The number of benzene rings is 2. The van der Waals surface area contributed by atoms with Gasteiger partial charge in [-0.3, -0.25) is 0 Å². The Labute approximate surface area is 95.7 Å². The molecule has 0 heterocycles. The van der Waals surface area contributed by atoms with Crippen LogP contribution in [0.15, 0.2) is 54.6 Å². The second kappa shape index (κ2) is 5.33. The monoisotopic (exact) mass is 213 g/mol. The third-order valence-electron chi connectivity index (χ3n) is 2.41. The molecule has 0 saturated carbocycles. The van der Waals surface area contributed by atoms with Gasteiger partial charge in [-0.15, -0.1) is 0 Å². The van der Waals surface area contributed by atoms with Gasteiger partial charge in [0.05, 0.1) is 0 Å². The molecule has 0 amide bonds. The number of ether oxygens (including phenoxy) is 1. The zero-order valence-corrected chi connectivity index (χ0v) is 9.10. The summed E-state index contributed by atoms with van der Waals surface area (Å²) in [6, 6.07) is 18.0. The average molecular weight is 213 g/mol. The fourth-order valence-corrected chi connectivity index (χ4v) is 1.45. The van der Waals surface area contributed by atoms with Gasteiger partial charge in [0.1, 0.15) is 12.4 Å². The van der Waals surface area contributed by atoms with Gasteiger partial charge in [0.15, 0.2) is 0 Å². The van der Waals surface area contributed by atoms with Crippen LogP contribution >= 0.6 is 0 Å². The molecule has 2 N–H and O–H groups in total. The molecule has 0 atom stereocenters. The largest absolute Gasteiger partial charge is 0.489 e. The van der Waals surface area contributed by atoms with Crippen LogP contribution in [0.1, 0.15) is 11.1 Å². The van der Waals surface area contributed by atoms with Crippen LogP contribution in [0.5, 0.6) is 5.75 Å². The Morgan fingerprint density at radius 2 is 1.44 bits per heavy atom. The highest BCUT2D eigenvalue weighted by atomic mass is 16.5. The van der Waals surface area contributed by atoms with E-state index < -0.39 is 0 Å². The zero-order valence-electron chi connectivity index (χ0n) is 9.10. The van der Waals surface area contributed by atoms with E-state index >= 15 is 0 Å². The molecule has 0 unspecified atom stereocenters. The Kier molecular flexibility index (Phi) is 3.57. The fourth-order valence-electron chi connectivity index (χ4n) is 1.45. The molecule has 0 aliphatic carbocycles. The van der Waals surface area contributed by atoms with Crippen molar-refractivity contribution in [2.75, 3.05) is 0 Å². The lowest BCUT2D eigenvalue weighted by Crippen LogP contribution is -1.98. The van der Waals surface area contributed by atoms with Gasteiger partial charge in [-0.2, -0.15) is 0 Å². The molecule has 0 aliphatic rings. The summed E-state index contributed by atoms with van der Waals surface area (Å²) in [5.74, 6) is 0.894. The predicted molar refractivity (Wildman–Crippen MR) is 65.1 cm³/mol. The molecule has 0 spiro atoms. The molecule has 2 aromatic rings. The van der Waals surface area contributed by atoms with Gasteiger partial charge in [0.2, 0.25) is 0 Å². The lowest BCUT2D eigenvalue weighted by atomic mass is 10.1. The normalized spacial score (nSPS) is 10.1. The minimum absolute atomic E-state index is 0.583. The molecule has 0 aliphatic heterocycles. The molecule has 82 valence electrons. The third kappa shape index (κ3) is 2.84. The number of nitrogens with two attached hydrogens (primary N) is 1. The molecule has 2 nitrogen and oxygen atoms in total. The number of para-hydroxylation sites is 1. The highest BCUT2D eigenvalue weighted by Crippen LogP contribution is 2.12. The summed E-state index contributed by atoms with van der Waals surface area (Å²) in [6.45, 7) is 1.18. The van der Waals surface area contributed by atoms with Crippen molar-refractivity contribution >= 4 is 0 Å². The van der Waals surface area contributed by atoms with Crippen LogP contribution in [-0.2, 0) is 13.2 Å². The highest BCUT2D eigenvalue weighted by molar-refractivity contribution is 5.24. The minimum atomic E-state index is 0.583. The quantitative estimate of drug-likeness (QED) is 0.847. The average Bonchev–Trinajstić information content (AvgIpc) is 2.38. The van der Waals surface area contributed by atoms with Crippen LogP contribution < -0.4 is 10.5 Å². The molecule has 0 saturated heterocycles. The van der Waals surface area contributed by atoms with E-state index in [-0.39, 0.29) is 0 Å².